The van der Waals surface area contributed by atoms with E-state index in [1.807, 2.05) is 0 Å². The highest BCUT2D eigenvalue weighted by molar-refractivity contribution is 6.11. The van der Waals surface area contributed by atoms with E-state index in [1.54, 1.807) is 66.7 Å². The number of anilines is 2. The number of carbonyl (C=O) groups excluding carboxylic acids is 3. The number of benzene rings is 3. The van der Waals surface area contributed by atoms with Crippen LogP contribution in [0.5, 0.6) is 23.0 Å². The number of carbonyl (C=O) groups is 3. The standard InChI is InChI=1S/C36H44N2O8/c1-6-7-8-13-20-46-29-19-18-23(21-30(29)45-5)31-32(34(40)37-24-14-9-11-16-27(24)43-3)26(39)22-36(2,42)33(31)35(41)38-25-15-10-12-17-28(25)44-4/h9-12,14-19,21,31-33,42H,6-8,13,20,22H2,1-5H3,(H,37,40)(H,38,41). The molecule has 3 aromatic carbocycles. The van der Waals surface area contributed by atoms with Crippen LogP contribution in [0.2, 0.25) is 0 Å². The number of amides is 2. The highest BCUT2D eigenvalue weighted by atomic mass is 16.5. The van der Waals surface area contributed by atoms with Gasteiger partial charge in [0.2, 0.25) is 11.8 Å². The molecule has 10 nitrogen and oxygen atoms in total. The van der Waals surface area contributed by atoms with Crippen molar-refractivity contribution in [2.45, 2.75) is 57.5 Å². The molecule has 0 heterocycles. The van der Waals surface area contributed by atoms with Gasteiger partial charge in [0.05, 0.1) is 50.8 Å². The van der Waals surface area contributed by atoms with E-state index >= 15 is 0 Å². The van der Waals surface area contributed by atoms with Gasteiger partial charge in [0.15, 0.2) is 11.5 Å². The number of methoxy groups -OCH3 is 3. The summed E-state index contributed by atoms with van der Waals surface area (Å²) in [5.41, 5.74) is -0.570. The predicted octanol–water partition coefficient (Wildman–Crippen LogP) is 5.99. The van der Waals surface area contributed by atoms with Crippen molar-refractivity contribution in [1.29, 1.82) is 0 Å². The lowest BCUT2D eigenvalue weighted by Gasteiger charge is -2.44. The molecule has 4 unspecified atom stereocenters. The van der Waals surface area contributed by atoms with E-state index in [2.05, 4.69) is 17.6 Å². The second-order valence-corrected chi connectivity index (χ2v) is 11.7. The van der Waals surface area contributed by atoms with Crippen molar-refractivity contribution in [1.82, 2.24) is 0 Å². The van der Waals surface area contributed by atoms with Crippen molar-refractivity contribution >= 4 is 29.0 Å². The van der Waals surface area contributed by atoms with Gasteiger partial charge >= 0.3 is 0 Å². The number of ketones is 1. The average Bonchev–Trinajstić information content (AvgIpc) is 3.04. The molecule has 4 atom stereocenters. The maximum absolute atomic E-state index is 14.2. The minimum Gasteiger partial charge on any atom is -0.495 e. The first-order chi connectivity index (χ1) is 22.1. The van der Waals surface area contributed by atoms with Crippen LogP contribution in [-0.4, -0.2) is 56.2 Å². The molecular weight excluding hydrogens is 588 g/mol. The molecule has 0 spiro atoms. The number of unbranched alkanes of at least 4 members (excludes halogenated alkanes) is 3. The van der Waals surface area contributed by atoms with Crippen molar-refractivity contribution in [2.75, 3.05) is 38.6 Å². The van der Waals surface area contributed by atoms with Crippen LogP contribution in [0.4, 0.5) is 11.4 Å². The van der Waals surface area contributed by atoms with Crippen LogP contribution in [0.15, 0.2) is 66.7 Å². The monoisotopic (exact) mass is 632 g/mol. The first-order valence-corrected chi connectivity index (χ1v) is 15.6. The molecule has 1 fully saturated rings. The molecule has 46 heavy (non-hydrogen) atoms. The summed E-state index contributed by atoms with van der Waals surface area (Å²) >= 11 is 0. The van der Waals surface area contributed by atoms with Gasteiger partial charge in [-0.2, -0.15) is 0 Å². The highest BCUT2D eigenvalue weighted by Gasteiger charge is 2.56. The van der Waals surface area contributed by atoms with Gasteiger partial charge in [-0.15, -0.1) is 0 Å². The van der Waals surface area contributed by atoms with Crippen LogP contribution in [0.1, 0.15) is 57.4 Å². The summed E-state index contributed by atoms with van der Waals surface area (Å²) in [6.45, 7) is 4.09. The molecule has 0 bridgehead atoms. The van der Waals surface area contributed by atoms with Gasteiger partial charge in [0, 0.05) is 12.3 Å². The number of nitrogens with one attached hydrogen (secondary N) is 2. The number of aliphatic hydroxyl groups is 1. The topological polar surface area (TPSA) is 132 Å². The number of hydrogen-bond donors (Lipinski definition) is 3. The van der Waals surface area contributed by atoms with E-state index in [9.17, 15) is 19.5 Å². The Kier molecular flexibility index (Phi) is 11.7. The van der Waals surface area contributed by atoms with Crippen LogP contribution in [0.25, 0.3) is 0 Å². The third kappa shape index (κ3) is 7.80. The third-order valence-corrected chi connectivity index (χ3v) is 8.39. The summed E-state index contributed by atoms with van der Waals surface area (Å²) in [5, 5.41) is 17.4. The van der Waals surface area contributed by atoms with Crippen LogP contribution in [0.3, 0.4) is 0 Å². The molecule has 3 aromatic rings. The van der Waals surface area contributed by atoms with E-state index < -0.39 is 47.4 Å². The largest absolute Gasteiger partial charge is 0.495 e. The van der Waals surface area contributed by atoms with Crippen molar-refractivity contribution in [3.05, 3.63) is 72.3 Å². The quantitative estimate of drug-likeness (QED) is 0.146. The van der Waals surface area contributed by atoms with Crippen LogP contribution < -0.4 is 29.6 Å². The van der Waals surface area contributed by atoms with Crippen molar-refractivity contribution in [3.63, 3.8) is 0 Å². The van der Waals surface area contributed by atoms with Crippen molar-refractivity contribution in [2.24, 2.45) is 11.8 Å². The summed E-state index contributed by atoms with van der Waals surface area (Å²) in [6, 6.07) is 18.8. The summed E-state index contributed by atoms with van der Waals surface area (Å²) in [5.74, 6) is -3.61. The number of Topliss-reactive ketones (excluding diaryl/α,β-unsaturated/α-hetero) is 1. The minimum absolute atomic E-state index is 0.373. The molecule has 246 valence electrons. The Bertz CT molecular complexity index is 1520. The van der Waals surface area contributed by atoms with Crippen molar-refractivity contribution in [3.8, 4) is 23.0 Å². The molecule has 10 heteroatoms. The van der Waals surface area contributed by atoms with E-state index in [0.717, 1.165) is 25.7 Å². The summed E-state index contributed by atoms with van der Waals surface area (Å²) in [6.07, 6.45) is 3.75. The SMILES string of the molecule is CCCCCCOc1ccc(C2C(C(=O)Nc3ccccc3OC)C(=O)CC(C)(O)C2C(=O)Nc2ccccc2OC)cc1OC. The first-order valence-electron chi connectivity index (χ1n) is 15.6. The smallest absolute Gasteiger partial charge is 0.235 e. The summed E-state index contributed by atoms with van der Waals surface area (Å²) in [7, 11) is 4.47. The molecule has 0 radical (unpaired) electrons. The fourth-order valence-corrected chi connectivity index (χ4v) is 6.13. The first kappa shape index (κ1) is 34.3. The minimum atomic E-state index is -1.79. The number of hydrogen-bond acceptors (Lipinski definition) is 8. The fourth-order valence-electron chi connectivity index (χ4n) is 6.13. The Hall–Kier alpha value is -4.57. The van der Waals surface area contributed by atoms with Gasteiger partial charge in [-0.3, -0.25) is 14.4 Å². The zero-order valence-corrected chi connectivity index (χ0v) is 27.1. The molecule has 1 aliphatic rings. The molecule has 0 aliphatic heterocycles. The number of rotatable bonds is 14. The van der Waals surface area contributed by atoms with E-state index in [0.29, 0.717) is 46.5 Å². The van der Waals surface area contributed by atoms with Gasteiger partial charge in [-0.1, -0.05) is 56.5 Å². The zero-order chi connectivity index (χ0) is 33.3. The van der Waals surface area contributed by atoms with Crippen molar-refractivity contribution < 1.29 is 38.4 Å². The summed E-state index contributed by atoms with van der Waals surface area (Å²) in [4.78, 5) is 42.0. The fraction of sp³-hybridized carbons (Fsp3) is 0.417. The highest BCUT2D eigenvalue weighted by Crippen LogP contribution is 2.48. The Morgan fingerprint density at radius 3 is 1.98 bits per heavy atom. The van der Waals surface area contributed by atoms with Crippen LogP contribution >= 0.6 is 0 Å². The Morgan fingerprint density at radius 1 is 0.804 bits per heavy atom. The van der Waals surface area contributed by atoms with E-state index in [4.69, 9.17) is 18.9 Å². The van der Waals surface area contributed by atoms with Gasteiger partial charge in [-0.25, -0.2) is 0 Å². The van der Waals surface area contributed by atoms with Crippen LogP contribution in [0, 0.1) is 11.8 Å². The molecule has 3 N–H and O–H groups in total. The number of para-hydroxylation sites is 4. The third-order valence-electron chi connectivity index (χ3n) is 8.39. The molecule has 1 saturated carbocycles. The molecule has 4 rings (SSSR count). The van der Waals surface area contributed by atoms with Gasteiger partial charge in [-0.05, 0) is 55.3 Å². The normalized spacial score (nSPS) is 20.8. The predicted molar refractivity (Wildman–Crippen MR) is 176 cm³/mol. The lowest BCUT2D eigenvalue weighted by molar-refractivity contribution is -0.150. The second-order valence-electron chi connectivity index (χ2n) is 11.7. The van der Waals surface area contributed by atoms with Crippen LogP contribution in [-0.2, 0) is 14.4 Å². The lowest BCUT2D eigenvalue weighted by Crippen LogP contribution is -2.56. The Balaban J connectivity index is 1.78. The van der Waals surface area contributed by atoms with Gasteiger partial charge < -0.3 is 34.7 Å². The zero-order valence-electron chi connectivity index (χ0n) is 27.1. The lowest BCUT2D eigenvalue weighted by atomic mass is 9.61. The van der Waals surface area contributed by atoms with Gasteiger partial charge in [0.1, 0.15) is 23.2 Å². The molecule has 0 saturated heterocycles. The Morgan fingerprint density at radius 2 is 1.39 bits per heavy atom. The molecule has 1 aliphatic carbocycles. The molecule has 2 amide bonds. The average molecular weight is 633 g/mol. The molecule has 0 aromatic heterocycles. The molecular formula is C36H44N2O8. The number of ether oxygens (including phenoxy) is 4. The van der Waals surface area contributed by atoms with E-state index in [1.165, 1.54) is 28.3 Å². The van der Waals surface area contributed by atoms with Gasteiger partial charge in [0.25, 0.3) is 0 Å². The Labute approximate surface area is 270 Å². The second kappa shape index (κ2) is 15.6. The van der Waals surface area contributed by atoms with E-state index in [-0.39, 0.29) is 0 Å². The maximum Gasteiger partial charge on any atom is 0.235 e. The summed E-state index contributed by atoms with van der Waals surface area (Å²) < 4.78 is 22.5. The maximum atomic E-state index is 14.2.